The van der Waals surface area contributed by atoms with Crippen LogP contribution in [0.15, 0.2) is 18.5 Å². The second kappa shape index (κ2) is 6.42. The number of fused-ring (bicyclic) bond motifs is 2. The highest BCUT2D eigenvalue weighted by molar-refractivity contribution is 5.81. The van der Waals surface area contributed by atoms with Crippen LogP contribution in [0.25, 0.3) is 11.0 Å². The third kappa shape index (κ3) is 2.83. The van der Waals surface area contributed by atoms with Crippen molar-refractivity contribution in [1.29, 1.82) is 0 Å². The van der Waals surface area contributed by atoms with Gasteiger partial charge in [-0.15, -0.1) is 0 Å². The van der Waals surface area contributed by atoms with Gasteiger partial charge in [-0.05, 0) is 54.2 Å². The molecule has 1 saturated heterocycles. The largest absolute Gasteiger partial charge is 0.346 e. The van der Waals surface area contributed by atoms with Gasteiger partial charge < -0.3 is 10.7 Å². The van der Waals surface area contributed by atoms with Crippen LogP contribution in [0.1, 0.15) is 56.1 Å². The molecule has 0 aromatic carbocycles. The molecule has 25 heavy (non-hydrogen) atoms. The van der Waals surface area contributed by atoms with E-state index in [0.29, 0.717) is 24.3 Å². The Labute approximate surface area is 147 Å². The summed E-state index contributed by atoms with van der Waals surface area (Å²) in [5, 5.41) is 1.23. The smallest absolute Gasteiger partial charge is 0.237 e. The van der Waals surface area contributed by atoms with E-state index in [1.165, 1.54) is 16.5 Å². The molecule has 0 spiro atoms. The standard InChI is InChI=1S/C19H27N5O/c1-10(2)16-9-22-18-15(16)6-12(8-21-18)11-3-4-13-14(5-11)17(7-20)23-24-19(13)25/h6,8-11,13-14,17,23H,3-5,7,20H2,1-2H3,(H,21,22)(H,24,25). The highest BCUT2D eigenvalue weighted by Crippen LogP contribution is 2.42. The molecule has 0 bridgehead atoms. The number of nitrogens with two attached hydrogens (primary N) is 1. The zero-order chi connectivity index (χ0) is 17.6. The molecule has 6 nitrogen and oxygen atoms in total. The fourth-order valence-electron chi connectivity index (χ4n) is 4.62. The van der Waals surface area contributed by atoms with Crippen molar-refractivity contribution in [2.75, 3.05) is 6.54 Å². The molecule has 6 heteroatoms. The lowest BCUT2D eigenvalue weighted by Gasteiger charge is -2.43. The van der Waals surface area contributed by atoms with Gasteiger partial charge in [0.15, 0.2) is 0 Å². The number of pyridine rings is 1. The minimum Gasteiger partial charge on any atom is -0.346 e. The summed E-state index contributed by atoms with van der Waals surface area (Å²) < 4.78 is 0. The second-order valence-electron chi connectivity index (χ2n) is 7.82. The molecule has 1 aliphatic carbocycles. The van der Waals surface area contributed by atoms with E-state index in [9.17, 15) is 4.79 Å². The number of hydrogen-bond acceptors (Lipinski definition) is 4. The number of rotatable bonds is 3. The topological polar surface area (TPSA) is 95.8 Å². The number of H-pyrrole nitrogens is 1. The Morgan fingerprint density at radius 2 is 2.20 bits per heavy atom. The molecule has 4 rings (SSSR count). The lowest BCUT2D eigenvalue weighted by molar-refractivity contribution is -0.133. The highest BCUT2D eigenvalue weighted by atomic mass is 16.2. The van der Waals surface area contributed by atoms with Crippen molar-refractivity contribution in [3.63, 3.8) is 0 Å². The first-order valence-electron chi connectivity index (χ1n) is 9.30. The summed E-state index contributed by atoms with van der Waals surface area (Å²) in [6.45, 7) is 4.96. The predicted octanol–water partition coefficient (Wildman–Crippen LogP) is 2.15. The van der Waals surface area contributed by atoms with Gasteiger partial charge in [-0.25, -0.2) is 10.4 Å². The van der Waals surface area contributed by atoms with Crippen LogP contribution in [0.2, 0.25) is 0 Å². The van der Waals surface area contributed by atoms with Crippen LogP contribution in [0.5, 0.6) is 0 Å². The Balaban J connectivity index is 1.63. The Kier molecular flexibility index (Phi) is 4.25. The summed E-state index contributed by atoms with van der Waals surface area (Å²) >= 11 is 0. The van der Waals surface area contributed by atoms with Gasteiger partial charge in [-0.2, -0.15) is 0 Å². The number of hydrogen-bond donors (Lipinski definition) is 4. The number of aromatic amines is 1. The molecule has 0 radical (unpaired) electrons. The monoisotopic (exact) mass is 341 g/mol. The first-order chi connectivity index (χ1) is 12.1. The van der Waals surface area contributed by atoms with E-state index in [4.69, 9.17) is 5.73 Å². The summed E-state index contributed by atoms with van der Waals surface area (Å²) in [6.07, 6.45) is 7.01. The molecule has 3 heterocycles. The van der Waals surface area contributed by atoms with Gasteiger partial charge in [0, 0.05) is 36.3 Å². The normalized spacial score (nSPS) is 29.7. The third-order valence-corrected chi connectivity index (χ3v) is 6.07. The number of aromatic nitrogens is 2. The molecule has 2 aromatic rings. The molecule has 2 aromatic heterocycles. The maximum atomic E-state index is 12.2. The number of amides is 1. The van der Waals surface area contributed by atoms with Crippen LogP contribution in [0.4, 0.5) is 0 Å². The van der Waals surface area contributed by atoms with Crippen molar-refractivity contribution in [2.24, 2.45) is 17.6 Å². The van der Waals surface area contributed by atoms with E-state index in [2.05, 4.69) is 46.9 Å². The van der Waals surface area contributed by atoms with Crippen molar-refractivity contribution in [2.45, 2.75) is 51.0 Å². The molecule has 2 fully saturated rings. The van der Waals surface area contributed by atoms with Gasteiger partial charge in [0.25, 0.3) is 0 Å². The van der Waals surface area contributed by atoms with E-state index in [-0.39, 0.29) is 17.9 Å². The molecule has 1 amide bonds. The molecule has 1 saturated carbocycles. The lowest BCUT2D eigenvalue weighted by atomic mass is 9.68. The van der Waals surface area contributed by atoms with Crippen molar-refractivity contribution < 1.29 is 4.79 Å². The lowest BCUT2D eigenvalue weighted by Crippen LogP contribution is -2.62. The van der Waals surface area contributed by atoms with E-state index >= 15 is 0 Å². The number of carbonyl (C=O) groups excluding carboxylic acids is 1. The van der Waals surface area contributed by atoms with E-state index < -0.39 is 0 Å². The second-order valence-corrected chi connectivity index (χ2v) is 7.82. The molecule has 4 unspecified atom stereocenters. The van der Waals surface area contributed by atoms with E-state index in [0.717, 1.165) is 24.9 Å². The quantitative estimate of drug-likeness (QED) is 0.688. The molecule has 2 aliphatic rings. The predicted molar refractivity (Wildman–Crippen MR) is 97.9 cm³/mol. The number of nitrogens with zero attached hydrogens (tertiary/aromatic N) is 1. The number of carbonyl (C=O) groups is 1. The van der Waals surface area contributed by atoms with Crippen molar-refractivity contribution in [3.05, 3.63) is 29.6 Å². The minimum atomic E-state index is 0.0845. The molecular formula is C19H27N5O. The zero-order valence-corrected chi connectivity index (χ0v) is 14.9. The highest BCUT2D eigenvalue weighted by Gasteiger charge is 2.42. The van der Waals surface area contributed by atoms with Crippen LogP contribution < -0.4 is 16.6 Å². The van der Waals surface area contributed by atoms with E-state index in [1.807, 2.05) is 6.20 Å². The molecule has 134 valence electrons. The molecule has 4 atom stereocenters. The van der Waals surface area contributed by atoms with Crippen LogP contribution in [-0.2, 0) is 4.79 Å². The van der Waals surface area contributed by atoms with Gasteiger partial charge in [-0.1, -0.05) is 13.8 Å². The number of nitrogens with one attached hydrogen (secondary N) is 3. The Bertz CT molecular complexity index is 783. The fraction of sp³-hybridized carbons (Fsp3) is 0.579. The summed E-state index contributed by atoms with van der Waals surface area (Å²) in [5.41, 5.74) is 15.4. The van der Waals surface area contributed by atoms with Gasteiger partial charge in [-0.3, -0.25) is 10.2 Å². The van der Waals surface area contributed by atoms with Crippen LogP contribution in [0.3, 0.4) is 0 Å². The first-order valence-corrected chi connectivity index (χ1v) is 9.30. The van der Waals surface area contributed by atoms with Crippen molar-refractivity contribution in [1.82, 2.24) is 20.8 Å². The summed E-state index contributed by atoms with van der Waals surface area (Å²) in [6, 6.07) is 2.45. The number of hydrazine groups is 1. The maximum Gasteiger partial charge on any atom is 0.237 e. The third-order valence-electron chi connectivity index (χ3n) is 6.07. The van der Waals surface area contributed by atoms with Crippen LogP contribution in [-0.4, -0.2) is 28.5 Å². The van der Waals surface area contributed by atoms with Crippen LogP contribution >= 0.6 is 0 Å². The Morgan fingerprint density at radius 3 is 2.96 bits per heavy atom. The molecular weight excluding hydrogens is 314 g/mol. The summed E-state index contributed by atoms with van der Waals surface area (Å²) in [5.74, 6) is 1.41. The van der Waals surface area contributed by atoms with Gasteiger partial charge in [0.1, 0.15) is 5.65 Å². The van der Waals surface area contributed by atoms with Gasteiger partial charge >= 0.3 is 0 Å². The van der Waals surface area contributed by atoms with Crippen molar-refractivity contribution in [3.8, 4) is 0 Å². The first kappa shape index (κ1) is 16.5. The zero-order valence-electron chi connectivity index (χ0n) is 14.9. The summed E-state index contributed by atoms with van der Waals surface area (Å²) in [4.78, 5) is 20.1. The Hall–Kier alpha value is -1.92. The average molecular weight is 341 g/mol. The summed E-state index contributed by atoms with van der Waals surface area (Å²) in [7, 11) is 0. The van der Waals surface area contributed by atoms with Crippen LogP contribution in [0, 0.1) is 11.8 Å². The fourth-order valence-corrected chi connectivity index (χ4v) is 4.62. The maximum absolute atomic E-state index is 12.2. The SMILES string of the molecule is CC(C)c1c[nH]c2ncc(C3CCC4C(=O)NNC(CN)C4C3)cc12. The molecule has 5 N–H and O–H groups in total. The van der Waals surface area contributed by atoms with Gasteiger partial charge in [0.2, 0.25) is 5.91 Å². The van der Waals surface area contributed by atoms with E-state index in [1.54, 1.807) is 0 Å². The average Bonchev–Trinajstić information content (AvgIpc) is 3.05. The minimum absolute atomic E-state index is 0.0845. The van der Waals surface area contributed by atoms with Crippen molar-refractivity contribution >= 4 is 16.9 Å². The molecule has 1 aliphatic heterocycles. The van der Waals surface area contributed by atoms with Gasteiger partial charge in [0.05, 0.1) is 0 Å². The Morgan fingerprint density at radius 1 is 1.36 bits per heavy atom.